The number of nitrogens with zero attached hydrogens (tertiary/aromatic N) is 2. The number of hydrogen-bond acceptors (Lipinski definition) is 4. The third kappa shape index (κ3) is 6.36. The fraction of sp³-hybridized carbons (Fsp3) is 0.250. The predicted molar refractivity (Wildman–Crippen MR) is 154 cm³/mol. The first-order valence-electron chi connectivity index (χ1n) is 13.3. The van der Waals surface area contributed by atoms with Gasteiger partial charge < -0.3 is 20.3 Å². The molecule has 41 heavy (non-hydrogen) atoms. The van der Waals surface area contributed by atoms with E-state index in [9.17, 15) is 18.0 Å². The summed E-state index contributed by atoms with van der Waals surface area (Å²) >= 11 is 0. The van der Waals surface area contributed by atoms with Crippen molar-refractivity contribution in [1.82, 2.24) is 4.98 Å². The van der Waals surface area contributed by atoms with Crippen LogP contribution in [0, 0.1) is 0 Å². The van der Waals surface area contributed by atoms with Crippen LogP contribution in [0.1, 0.15) is 49.1 Å². The zero-order chi connectivity index (χ0) is 29.2. The van der Waals surface area contributed by atoms with E-state index in [1.165, 1.54) is 17.7 Å². The van der Waals surface area contributed by atoms with Gasteiger partial charge in [0.05, 0.1) is 24.0 Å². The number of nitrogens with one attached hydrogen (secondary N) is 2. The van der Waals surface area contributed by atoms with Crippen LogP contribution in [0.15, 0.2) is 91.1 Å². The number of alkyl halides is 3. The molecule has 0 spiro atoms. The summed E-state index contributed by atoms with van der Waals surface area (Å²) in [7, 11) is 0. The Balaban J connectivity index is 1.23. The molecule has 2 heterocycles. The number of pyridine rings is 1. The fourth-order valence-electron chi connectivity index (χ4n) is 5.01. The zero-order valence-electron chi connectivity index (χ0n) is 23.0. The van der Waals surface area contributed by atoms with E-state index in [1.807, 2.05) is 37.3 Å². The van der Waals surface area contributed by atoms with Crippen molar-refractivity contribution in [3.63, 3.8) is 0 Å². The number of rotatable bonds is 7. The van der Waals surface area contributed by atoms with Gasteiger partial charge in [-0.3, -0.25) is 0 Å². The largest absolute Gasteiger partial charge is 0.416 e. The lowest BCUT2D eigenvalue weighted by atomic mass is 9.87. The molecule has 5 rings (SSSR count). The highest BCUT2D eigenvalue weighted by Gasteiger charge is 2.36. The Bertz CT molecular complexity index is 1540. The van der Waals surface area contributed by atoms with Gasteiger partial charge >= 0.3 is 12.2 Å². The molecule has 0 radical (unpaired) electrons. The van der Waals surface area contributed by atoms with E-state index < -0.39 is 17.8 Å². The normalized spacial score (nSPS) is 14.8. The molecule has 1 unspecified atom stereocenters. The molecule has 4 aromatic rings. The van der Waals surface area contributed by atoms with Crippen molar-refractivity contribution in [3.05, 3.63) is 113 Å². The summed E-state index contributed by atoms with van der Waals surface area (Å²) in [5, 5.41) is 5.81. The monoisotopic (exact) mass is 560 g/mol. The number of urea groups is 1. The van der Waals surface area contributed by atoms with Crippen molar-refractivity contribution in [3.8, 4) is 0 Å². The molecule has 6 nitrogen and oxygen atoms in total. The van der Waals surface area contributed by atoms with E-state index >= 15 is 0 Å². The van der Waals surface area contributed by atoms with Crippen molar-refractivity contribution in [2.75, 3.05) is 22.1 Å². The summed E-state index contributed by atoms with van der Waals surface area (Å²) in [6.07, 6.45) is -3.02. The number of anilines is 4. The highest BCUT2D eigenvalue weighted by molar-refractivity contribution is 6.02. The molecule has 0 aliphatic carbocycles. The van der Waals surface area contributed by atoms with Gasteiger partial charge in [0.25, 0.3) is 0 Å². The lowest BCUT2D eigenvalue weighted by molar-refractivity contribution is -0.137. The Kier molecular flexibility index (Phi) is 7.73. The molecule has 0 saturated carbocycles. The Morgan fingerprint density at radius 2 is 1.76 bits per heavy atom. The maximum absolute atomic E-state index is 13.0. The number of carbonyl (C=O) groups excluding carboxylic acids is 1. The van der Waals surface area contributed by atoms with Crippen molar-refractivity contribution >= 4 is 28.9 Å². The second kappa shape index (κ2) is 11.2. The van der Waals surface area contributed by atoms with Crippen LogP contribution >= 0.6 is 0 Å². The highest BCUT2D eigenvalue weighted by Crippen LogP contribution is 2.45. The average Bonchev–Trinajstić information content (AvgIpc) is 3.22. The molecular weight excluding hydrogens is 529 g/mol. The lowest BCUT2D eigenvalue weighted by Gasteiger charge is -2.24. The van der Waals surface area contributed by atoms with E-state index in [1.54, 1.807) is 24.4 Å². The van der Waals surface area contributed by atoms with Gasteiger partial charge in [-0.15, -0.1) is 0 Å². The molecule has 2 amide bonds. The van der Waals surface area contributed by atoms with Crippen molar-refractivity contribution in [2.45, 2.75) is 45.1 Å². The zero-order valence-corrected chi connectivity index (χ0v) is 23.0. The van der Waals surface area contributed by atoms with E-state index in [0.29, 0.717) is 22.8 Å². The minimum Gasteiger partial charge on any atom is -0.369 e. The number of aromatic nitrogens is 1. The number of halogens is 3. The van der Waals surface area contributed by atoms with Crippen LogP contribution in [-0.4, -0.2) is 17.6 Å². The quantitative estimate of drug-likeness (QED) is 0.238. The molecule has 1 aliphatic rings. The van der Waals surface area contributed by atoms with Crippen LogP contribution in [-0.2, 0) is 22.9 Å². The lowest BCUT2D eigenvalue weighted by Crippen LogP contribution is -2.27. The smallest absolute Gasteiger partial charge is 0.369 e. The summed E-state index contributed by atoms with van der Waals surface area (Å²) < 4.78 is 44.3. The molecule has 1 aliphatic heterocycles. The van der Waals surface area contributed by atoms with Crippen LogP contribution in [0.3, 0.4) is 0 Å². The second-order valence-corrected chi connectivity index (χ2v) is 10.7. The van der Waals surface area contributed by atoms with Gasteiger partial charge in [-0.05, 0) is 66.1 Å². The minimum absolute atomic E-state index is 0.0701. The Morgan fingerprint density at radius 3 is 2.51 bits per heavy atom. The molecule has 3 aromatic carbocycles. The van der Waals surface area contributed by atoms with Gasteiger partial charge in [-0.25, -0.2) is 9.78 Å². The number of carbonyl (C=O) groups is 1. The van der Waals surface area contributed by atoms with Crippen LogP contribution < -0.4 is 15.5 Å². The number of benzene rings is 3. The molecule has 9 heteroatoms. The standard InChI is InChI=1S/C32H31F3N4O2/c1-21(41-19-22-13-15-24(16-14-22)32(33,34)35)23-8-6-9-25(18-23)37-30(40)38-27-11-7-17-36-29(27)39-20-31(2,3)26-10-4-5-12-28(26)39/h4-18,21H,19-20H2,1-3H3,(H2,37,38,40). The average molecular weight is 561 g/mol. The summed E-state index contributed by atoms with van der Waals surface area (Å²) in [5.41, 5.74) is 4.13. The minimum atomic E-state index is -4.37. The first kappa shape index (κ1) is 28.2. The third-order valence-electron chi connectivity index (χ3n) is 7.16. The SMILES string of the molecule is CC(OCc1ccc(C(F)(F)F)cc1)c1cccc(NC(=O)Nc2cccnc2N2CC(C)(C)c3ccccc32)c1. The van der Waals surface area contributed by atoms with Crippen molar-refractivity contribution in [2.24, 2.45) is 0 Å². The number of para-hydroxylation sites is 1. The van der Waals surface area contributed by atoms with E-state index in [0.717, 1.165) is 29.9 Å². The van der Waals surface area contributed by atoms with Gasteiger partial charge in [-0.2, -0.15) is 13.2 Å². The molecular formula is C32H31F3N4O2. The molecule has 1 atom stereocenters. The van der Waals surface area contributed by atoms with Crippen LogP contribution in [0.25, 0.3) is 0 Å². The number of ether oxygens (including phenoxy) is 1. The van der Waals surface area contributed by atoms with Gasteiger partial charge in [0, 0.05) is 29.5 Å². The molecule has 0 saturated heterocycles. The molecule has 2 N–H and O–H groups in total. The van der Waals surface area contributed by atoms with E-state index in [-0.39, 0.29) is 18.1 Å². The maximum Gasteiger partial charge on any atom is 0.416 e. The second-order valence-electron chi connectivity index (χ2n) is 10.7. The predicted octanol–water partition coefficient (Wildman–Crippen LogP) is 8.45. The number of fused-ring (bicyclic) bond motifs is 1. The van der Waals surface area contributed by atoms with Gasteiger partial charge in [-0.1, -0.05) is 56.3 Å². The van der Waals surface area contributed by atoms with Crippen LogP contribution in [0.2, 0.25) is 0 Å². The van der Waals surface area contributed by atoms with Crippen LogP contribution in [0.5, 0.6) is 0 Å². The topological polar surface area (TPSA) is 66.5 Å². The van der Waals surface area contributed by atoms with E-state index in [2.05, 4.69) is 46.5 Å². The Hall–Kier alpha value is -4.37. The van der Waals surface area contributed by atoms with Gasteiger partial charge in [0.1, 0.15) is 0 Å². The summed E-state index contributed by atoms with van der Waals surface area (Å²) in [4.78, 5) is 19.8. The first-order valence-corrected chi connectivity index (χ1v) is 13.3. The van der Waals surface area contributed by atoms with Crippen molar-refractivity contribution < 1.29 is 22.7 Å². The first-order chi connectivity index (χ1) is 19.5. The van der Waals surface area contributed by atoms with E-state index in [4.69, 9.17) is 4.74 Å². The number of hydrogen-bond donors (Lipinski definition) is 2. The van der Waals surface area contributed by atoms with Gasteiger partial charge in [0.2, 0.25) is 0 Å². The third-order valence-corrected chi connectivity index (χ3v) is 7.16. The Labute approximate surface area is 237 Å². The van der Waals surface area contributed by atoms with Crippen molar-refractivity contribution in [1.29, 1.82) is 0 Å². The highest BCUT2D eigenvalue weighted by atomic mass is 19.4. The number of amides is 2. The van der Waals surface area contributed by atoms with Crippen LogP contribution in [0.4, 0.5) is 40.8 Å². The molecule has 212 valence electrons. The summed E-state index contributed by atoms with van der Waals surface area (Å²) in [5.74, 6) is 0.666. The molecule has 0 bridgehead atoms. The summed E-state index contributed by atoms with van der Waals surface area (Å²) in [6, 6.07) is 23.6. The fourth-order valence-corrected chi connectivity index (χ4v) is 5.01. The maximum atomic E-state index is 13.0. The summed E-state index contributed by atoms with van der Waals surface area (Å²) in [6.45, 7) is 7.11. The Morgan fingerprint density at radius 1 is 1.00 bits per heavy atom. The molecule has 0 fully saturated rings. The van der Waals surface area contributed by atoms with Gasteiger partial charge in [0.15, 0.2) is 5.82 Å². The molecule has 1 aromatic heterocycles.